The van der Waals surface area contributed by atoms with Gasteiger partial charge in [-0.15, -0.1) is 0 Å². The average molecular weight is 273 g/mol. The molecule has 3 nitrogen and oxygen atoms in total. The fourth-order valence-electron chi connectivity index (χ4n) is 2.32. The molecule has 0 radical (unpaired) electrons. The Bertz CT molecular complexity index is 397. The second-order valence-corrected chi connectivity index (χ2v) is 5.06. The summed E-state index contributed by atoms with van der Waals surface area (Å²) in [6.45, 7) is 9.97. The highest BCUT2D eigenvalue weighted by molar-refractivity contribution is 5.31. The second-order valence-electron chi connectivity index (χ2n) is 5.06. The molecule has 20 heavy (non-hydrogen) atoms. The van der Waals surface area contributed by atoms with Crippen LogP contribution in [-0.4, -0.2) is 49.6 Å². The zero-order valence-corrected chi connectivity index (χ0v) is 13.1. The standard InChI is InChI=1S/C15H21N3.C2H6/c1-17-9-11-18(12-10-17)8-2-3-14-4-6-15(13-16)7-5-14;1-2/h4-7H,2-3,8-12H2,1H3;1-2H3. The van der Waals surface area contributed by atoms with Crippen molar-refractivity contribution in [2.45, 2.75) is 26.7 Å². The van der Waals surface area contributed by atoms with Gasteiger partial charge in [-0.3, -0.25) is 0 Å². The summed E-state index contributed by atoms with van der Waals surface area (Å²) in [4.78, 5) is 4.93. The van der Waals surface area contributed by atoms with Crippen LogP contribution in [0, 0.1) is 11.3 Å². The number of likely N-dealkylation sites (N-methyl/N-ethyl adjacent to an activating group) is 1. The number of rotatable bonds is 4. The van der Waals surface area contributed by atoms with E-state index in [0.717, 1.165) is 12.0 Å². The lowest BCUT2D eigenvalue weighted by molar-refractivity contribution is 0.153. The maximum absolute atomic E-state index is 8.74. The van der Waals surface area contributed by atoms with Crippen molar-refractivity contribution >= 4 is 0 Å². The maximum Gasteiger partial charge on any atom is 0.0991 e. The van der Waals surface area contributed by atoms with Crippen LogP contribution in [0.3, 0.4) is 0 Å². The molecule has 0 bridgehead atoms. The Morgan fingerprint density at radius 1 is 1.05 bits per heavy atom. The number of nitriles is 1. The average Bonchev–Trinajstić information content (AvgIpc) is 2.52. The molecule has 1 aromatic carbocycles. The highest BCUT2D eigenvalue weighted by Gasteiger charge is 2.12. The van der Waals surface area contributed by atoms with Gasteiger partial charge in [-0.25, -0.2) is 0 Å². The van der Waals surface area contributed by atoms with Crippen molar-refractivity contribution in [1.82, 2.24) is 9.80 Å². The van der Waals surface area contributed by atoms with Crippen LogP contribution in [0.5, 0.6) is 0 Å². The van der Waals surface area contributed by atoms with Gasteiger partial charge in [0.1, 0.15) is 0 Å². The van der Waals surface area contributed by atoms with Crippen molar-refractivity contribution in [3.05, 3.63) is 35.4 Å². The van der Waals surface area contributed by atoms with Crippen molar-refractivity contribution < 1.29 is 0 Å². The molecule has 1 fully saturated rings. The van der Waals surface area contributed by atoms with E-state index in [9.17, 15) is 0 Å². The van der Waals surface area contributed by atoms with Crippen molar-refractivity contribution in [1.29, 1.82) is 5.26 Å². The lowest BCUT2D eigenvalue weighted by Crippen LogP contribution is -2.44. The molecule has 0 saturated carbocycles. The van der Waals surface area contributed by atoms with Crippen molar-refractivity contribution in [3.63, 3.8) is 0 Å². The van der Waals surface area contributed by atoms with Gasteiger partial charge in [-0.1, -0.05) is 26.0 Å². The molecule has 1 aliphatic heterocycles. The fraction of sp³-hybridized carbons (Fsp3) is 0.588. The van der Waals surface area contributed by atoms with E-state index >= 15 is 0 Å². The summed E-state index contributed by atoms with van der Waals surface area (Å²) in [5.74, 6) is 0. The van der Waals surface area contributed by atoms with Gasteiger partial charge in [0.15, 0.2) is 0 Å². The minimum atomic E-state index is 0.748. The molecule has 0 N–H and O–H groups in total. The van der Waals surface area contributed by atoms with Crippen LogP contribution in [-0.2, 0) is 6.42 Å². The molecular formula is C17H27N3. The highest BCUT2D eigenvalue weighted by Crippen LogP contribution is 2.07. The quantitative estimate of drug-likeness (QED) is 0.845. The van der Waals surface area contributed by atoms with E-state index in [-0.39, 0.29) is 0 Å². The van der Waals surface area contributed by atoms with Crippen LogP contribution in [0.1, 0.15) is 31.4 Å². The summed E-state index contributed by atoms with van der Waals surface area (Å²) in [6.07, 6.45) is 2.31. The predicted molar refractivity (Wildman–Crippen MR) is 84.8 cm³/mol. The Kier molecular flexibility index (Phi) is 7.94. The van der Waals surface area contributed by atoms with Gasteiger partial charge in [-0.2, -0.15) is 5.26 Å². The first-order chi connectivity index (χ1) is 9.78. The van der Waals surface area contributed by atoms with Gasteiger partial charge >= 0.3 is 0 Å². The third-order valence-electron chi connectivity index (χ3n) is 3.62. The molecule has 2 rings (SSSR count). The summed E-state index contributed by atoms with van der Waals surface area (Å²) in [5, 5.41) is 8.74. The number of piperazine rings is 1. The van der Waals surface area contributed by atoms with E-state index in [0.29, 0.717) is 0 Å². The van der Waals surface area contributed by atoms with Crippen LogP contribution in [0.15, 0.2) is 24.3 Å². The molecule has 0 aromatic heterocycles. The van der Waals surface area contributed by atoms with Gasteiger partial charge in [0.05, 0.1) is 11.6 Å². The van der Waals surface area contributed by atoms with Gasteiger partial charge in [0, 0.05) is 26.2 Å². The SMILES string of the molecule is CC.CN1CCN(CCCc2ccc(C#N)cc2)CC1. The Hall–Kier alpha value is -1.37. The number of nitrogens with zero attached hydrogens (tertiary/aromatic N) is 3. The van der Waals surface area contributed by atoms with Gasteiger partial charge < -0.3 is 9.80 Å². The normalized spacial score (nSPS) is 16.1. The molecule has 0 amide bonds. The third-order valence-corrected chi connectivity index (χ3v) is 3.62. The van der Waals surface area contributed by atoms with Crippen molar-refractivity contribution in [2.75, 3.05) is 39.8 Å². The molecule has 1 aromatic rings. The number of hydrogen-bond donors (Lipinski definition) is 0. The lowest BCUT2D eigenvalue weighted by Gasteiger charge is -2.32. The summed E-state index contributed by atoms with van der Waals surface area (Å²) in [6, 6.07) is 10.1. The molecule has 0 atom stereocenters. The Morgan fingerprint density at radius 3 is 2.20 bits per heavy atom. The van der Waals surface area contributed by atoms with E-state index in [2.05, 4.69) is 35.0 Å². The molecule has 3 heteroatoms. The van der Waals surface area contributed by atoms with Crippen LogP contribution in [0.2, 0.25) is 0 Å². The minimum Gasteiger partial charge on any atom is -0.304 e. The summed E-state index contributed by atoms with van der Waals surface area (Å²) < 4.78 is 0. The predicted octanol–water partition coefficient (Wildman–Crippen LogP) is 2.76. The Balaban J connectivity index is 0.000000956. The number of aryl methyl sites for hydroxylation is 1. The monoisotopic (exact) mass is 273 g/mol. The number of benzene rings is 1. The molecule has 1 heterocycles. The molecule has 1 aliphatic rings. The minimum absolute atomic E-state index is 0.748. The first-order valence-corrected chi connectivity index (χ1v) is 7.68. The van der Waals surface area contributed by atoms with E-state index < -0.39 is 0 Å². The molecule has 0 spiro atoms. The first-order valence-electron chi connectivity index (χ1n) is 7.68. The zero-order valence-electron chi connectivity index (χ0n) is 13.1. The maximum atomic E-state index is 8.74. The van der Waals surface area contributed by atoms with Crippen LogP contribution >= 0.6 is 0 Å². The van der Waals surface area contributed by atoms with Gasteiger partial charge in [-0.05, 0) is 44.1 Å². The smallest absolute Gasteiger partial charge is 0.0991 e. The van der Waals surface area contributed by atoms with E-state index in [1.54, 1.807) is 0 Å². The molecule has 0 aliphatic carbocycles. The summed E-state index contributed by atoms with van der Waals surface area (Å²) in [7, 11) is 2.19. The molecule has 110 valence electrons. The Labute approximate surface area is 123 Å². The number of hydrogen-bond acceptors (Lipinski definition) is 3. The summed E-state index contributed by atoms with van der Waals surface area (Å²) >= 11 is 0. The van der Waals surface area contributed by atoms with Crippen LogP contribution < -0.4 is 0 Å². The molecule has 1 saturated heterocycles. The first kappa shape index (κ1) is 16.7. The van der Waals surface area contributed by atoms with Gasteiger partial charge in [0.2, 0.25) is 0 Å². The highest BCUT2D eigenvalue weighted by atomic mass is 15.2. The Morgan fingerprint density at radius 2 is 1.65 bits per heavy atom. The van der Waals surface area contributed by atoms with Crippen LogP contribution in [0.25, 0.3) is 0 Å². The second kappa shape index (κ2) is 9.52. The van der Waals surface area contributed by atoms with Gasteiger partial charge in [0.25, 0.3) is 0 Å². The third kappa shape index (κ3) is 5.73. The largest absolute Gasteiger partial charge is 0.304 e. The lowest BCUT2D eigenvalue weighted by atomic mass is 10.1. The van der Waals surface area contributed by atoms with Crippen LogP contribution in [0.4, 0.5) is 0 Å². The molecular weight excluding hydrogens is 246 g/mol. The topological polar surface area (TPSA) is 30.3 Å². The zero-order chi connectivity index (χ0) is 14.8. The van der Waals surface area contributed by atoms with E-state index in [4.69, 9.17) is 5.26 Å². The summed E-state index contributed by atoms with van der Waals surface area (Å²) in [5.41, 5.74) is 2.08. The van der Waals surface area contributed by atoms with E-state index in [1.165, 1.54) is 44.7 Å². The fourth-order valence-corrected chi connectivity index (χ4v) is 2.32. The van der Waals surface area contributed by atoms with E-state index in [1.807, 2.05) is 26.0 Å². The van der Waals surface area contributed by atoms with Crippen molar-refractivity contribution in [2.24, 2.45) is 0 Å². The van der Waals surface area contributed by atoms with Crippen molar-refractivity contribution in [3.8, 4) is 6.07 Å². The molecule has 0 unspecified atom stereocenters.